The van der Waals surface area contributed by atoms with Crippen LogP contribution in [0.15, 0.2) is 54.6 Å². The largest absolute Gasteiger partial charge is 0.349 e. The zero-order chi connectivity index (χ0) is 15.9. The number of nitrogens with two attached hydrogens (primary N) is 1. The maximum atomic E-state index is 12.2. The van der Waals surface area contributed by atoms with Crippen LogP contribution in [0.25, 0.3) is 0 Å². The maximum absolute atomic E-state index is 12.2. The number of amides is 1. The summed E-state index contributed by atoms with van der Waals surface area (Å²) in [5.74, 6) is -0.0104. The molecule has 1 amide bonds. The van der Waals surface area contributed by atoms with Crippen molar-refractivity contribution in [1.82, 2.24) is 5.32 Å². The van der Waals surface area contributed by atoms with Gasteiger partial charge in [0.15, 0.2) is 0 Å². The standard InChI is InChI=1S/C19H24N2O.ClH/c1-3-18(16-11-9-14(2)10-12-16)21-19(22)13-17(20)15-7-5-4-6-8-15;/h4-12,17-18H,3,13,20H2,1-2H3,(H,21,22);1H. The average Bonchev–Trinajstić information content (AvgIpc) is 2.54. The minimum absolute atomic E-state index is 0. The van der Waals surface area contributed by atoms with Crippen molar-refractivity contribution in [2.24, 2.45) is 5.73 Å². The van der Waals surface area contributed by atoms with Crippen molar-refractivity contribution in [1.29, 1.82) is 0 Å². The number of rotatable bonds is 6. The molecule has 124 valence electrons. The first-order chi connectivity index (χ1) is 10.6. The third-order valence-corrected chi connectivity index (χ3v) is 3.86. The summed E-state index contributed by atoms with van der Waals surface area (Å²) in [6.45, 7) is 4.13. The highest BCUT2D eigenvalue weighted by molar-refractivity contribution is 5.85. The summed E-state index contributed by atoms with van der Waals surface area (Å²) in [6, 6.07) is 17.8. The number of carbonyl (C=O) groups excluding carboxylic acids is 1. The fourth-order valence-corrected chi connectivity index (χ4v) is 2.49. The highest BCUT2D eigenvalue weighted by Crippen LogP contribution is 2.19. The number of benzene rings is 2. The third kappa shape index (κ3) is 5.70. The molecule has 0 aliphatic rings. The van der Waals surface area contributed by atoms with Crippen LogP contribution in [0.4, 0.5) is 0 Å². The normalized spacial score (nSPS) is 12.8. The number of hydrogen-bond donors (Lipinski definition) is 2. The smallest absolute Gasteiger partial charge is 0.222 e. The van der Waals surface area contributed by atoms with Gasteiger partial charge in [-0.05, 0) is 24.5 Å². The van der Waals surface area contributed by atoms with E-state index in [1.807, 2.05) is 30.3 Å². The molecule has 3 nitrogen and oxygen atoms in total. The SMILES string of the molecule is CCC(NC(=O)CC(N)c1ccccc1)c1ccc(C)cc1.Cl. The van der Waals surface area contributed by atoms with Gasteiger partial charge in [-0.2, -0.15) is 0 Å². The van der Waals surface area contributed by atoms with Gasteiger partial charge >= 0.3 is 0 Å². The molecular weight excluding hydrogens is 308 g/mol. The molecule has 0 saturated heterocycles. The van der Waals surface area contributed by atoms with E-state index < -0.39 is 0 Å². The number of nitrogens with one attached hydrogen (secondary N) is 1. The topological polar surface area (TPSA) is 55.1 Å². The van der Waals surface area contributed by atoms with Crippen LogP contribution in [-0.4, -0.2) is 5.91 Å². The number of carbonyl (C=O) groups is 1. The number of halogens is 1. The second-order valence-corrected chi connectivity index (χ2v) is 5.66. The molecule has 0 spiro atoms. The van der Waals surface area contributed by atoms with E-state index in [0.717, 1.165) is 17.5 Å². The summed E-state index contributed by atoms with van der Waals surface area (Å²) in [5, 5.41) is 3.08. The van der Waals surface area contributed by atoms with Gasteiger partial charge in [0.05, 0.1) is 6.04 Å². The van der Waals surface area contributed by atoms with Crippen LogP contribution in [0.3, 0.4) is 0 Å². The lowest BCUT2D eigenvalue weighted by molar-refractivity contribution is -0.122. The summed E-state index contributed by atoms with van der Waals surface area (Å²) in [6.07, 6.45) is 1.15. The molecule has 0 aromatic heterocycles. The molecule has 23 heavy (non-hydrogen) atoms. The van der Waals surface area contributed by atoms with Crippen molar-refractivity contribution in [3.63, 3.8) is 0 Å². The molecule has 0 saturated carbocycles. The Balaban J connectivity index is 0.00000264. The van der Waals surface area contributed by atoms with E-state index >= 15 is 0 Å². The van der Waals surface area contributed by atoms with Crippen LogP contribution in [-0.2, 0) is 4.79 Å². The molecule has 0 aliphatic heterocycles. The molecule has 0 fully saturated rings. The zero-order valence-corrected chi connectivity index (χ0v) is 14.5. The van der Waals surface area contributed by atoms with Crippen LogP contribution < -0.4 is 11.1 Å². The van der Waals surface area contributed by atoms with E-state index in [1.54, 1.807) is 0 Å². The van der Waals surface area contributed by atoms with Crippen LogP contribution in [0.1, 0.15) is 48.5 Å². The molecule has 2 aromatic carbocycles. The molecule has 0 bridgehead atoms. The molecule has 2 aromatic rings. The van der Waals surface area contributed by atoms with Gasteiger partial charge in [-0.15, -0.1) is 12.4 Å². The van der Waals surface area contributed by atoms with E-state index in [0.29, 0.717) is 6.42 Å². The zero-order valence-electron chi connectivity index (χ0n) is 13.7. The Hall–Kier alpha value is -1.84. The quantitative estimate of drug-likeness (QED) is 0.837. The van der Waals surface area contributed by atoms with Crippen molar-refractivity contribution in [2.75, 3.05) is 0 Å². The maximum Gasteiger partial charge on any atom is 0.222 e. The summed E-state index contributed by atoms with van der Waals surface area (Å²) in [4.78, 5) is 12.2. The Morgan fingerprint density at radius 1 is 1.04 bits per heavy atom. The van der Waals surface area contributed by atoms with Gasteiger partial charge in [-0.1, -0.05) is 67.1 Å². The predicted molar refractivity (Wildman–Crippen MR) is 97.6 cm³/mol. The Labute approximate surface area is 144 Å². The lowest BCUT2D eigenvalue weighted by Crippen LogP contribution is -2.30. The predicted octanol–water partition coefficient (Wildman–Crippen LogP) is 4.07. The summed E-state index contributed by atoms with van der Waals surface area (Å²) in [7, 11) is 0. The molecule has 2 rings (SSSR count). The first-order valence-electron chi connectivity index (χ1n) is 7.76. The Kier molecular flexibility index (Phi) is 7.79. The Morgan fingerprint density at radius 2 is 1.65 bits per heavy atom. The minimum atomic E-state index is -0.267. The van der Waals surface area contributed by atoms with E-state index in [1.165, 1.54) is 5.56 Å². The number of aryl methyl sites for hydroxylation is 1. The highest BCUT2D eigenvalue weighted by Gasteiger charge is 2.16. The monoisotopic (exact) mass is 332 g/mol. The molecular formula is C19H25ClN2O. The van der Waals surface area contributed by atoms with Gasteiger partial charge in [0.25, 0.3) is 0 Å². The first kappa shape index (κ1) is 19.2. The molecule has 0 radical (unpaired) electrons. The Bertz CT molecular complexity index is 599. The highest BCUT2D eigenvalue weighted by atomic mass is 35.5. The van der Waals surface area contributed by atoms with Gasteiger partial charge < -0.3 is 11.1 Å². The fourth-order valence-electron chi connectivity index (χ4n) is 2.49. The molecule has 2 unspecified atom stereocenters. The van der Waals surface area contributed by atoms with Crippen molar-refractivity contribution in [2.45, 2.75) is 38.8 Å². The molecule has 4 heteroatoms. The third-order valence-electron chi connectivity index (χ3n) is 3.86. The van der Waals surface area contributed by atoms with Gasteiger partial charge in [-0.3, -0.25) is 4.79 Å². The lowest BCUT2D eigenvalue weighted by atomic mass is 10.0. The molecule has 2 atom stereocenters. The van der Waals surface area contributed by atoms with Gasteiger partial charge in [0.1, 0.15) is 0 Å². The van der Waals surface area contributed by atoms with E-state index in [2.05, 4.69) is 43.4 Å². The lowest BCUT2D eigenvalue weighted by Gasteiger charge is -2.19. The molecule has 3 N–H and O–H groups in total. The second-order valence-electron chi connectivity index (χ2n) is 5.66. The van der Waals surface area contributed by atoms with Crippen molar-refractivity contribution in [3.8, 4) is 0 Å². The summed E-state index contributed by atoms with van der Waals surface area (Å²) >= 11 is 0. The van der Waals surface area contributed by atoms with Crippen LogP contribution in [0, 0.1) is 6.92 Å². The van der Waals surface area contributed by atoms with E-state index in [4.69, 9.17) is 5.73 Å². The summed E-state index contributed by atoms with van der Waals surface area (Å²) in [5.41, 5.74) is 9.45. The number of hydrogen-bond acceptors (Lipinski definition) is 2. The average molecular weight is 333 g/mol. The van der Waals surface area contributed by atoms with Crippen LogP contribution in [0.5, 0.6) is 0 Å². The van der Waals surface area contributed by atoms with E-state index in [9.17, 15) is 4.79 Å². The van der Waals surface area contributed by atoms with Crippen molar-refractivity contribution < 1.29 is 4.79 Å². The summed E-state index contributed by atoms with van der Waals surface area (Å²) < 4.78 is 0. The van der Waals surface area contributed by atoms with Gasteiger partial charge in [0.2, 0.25) is 5.91 Å². The van der Waals surface area contributed by atoms with Crippen molar-refractivity contribution in [3.05, 3.63) is 71.3 Å². The Morgan fingerprint density at radius 3 is 2.22 bits per heavy atom. The van der Waals surface area contributed by atoms with Gasteiger partial charge in [-0.25, -0.2) is 0 Å². The minimum Gasteiger partial charge on any atom is -0.349 e. The fraction of sp³-hybridized carbons (Fsp3) is 0.316. The van der Waals surface area contributed by atoms with Crippen molar-refractivity contribution >= 4 is 18.3 Å². The van der Waals surface area contributed by atoms with Crippen LogP contribution in [0.2, 0.25) is 0 Å². The van der Waals surface area contributed by atoms with E-state index in [-0.39, 0.29) is 30.4 Å². The van der Waals surface area contributed by atoms with Gasteiger partial charge in [0, 0.05) is 12.5 Å². The molecule has 0 heterocycles. The first-order valence-corrected chi connectivity index (χ1v) is 7.76. The molecule has 0 aliphatic carbocycles. The second kappa shape index (κ2) is 9.33. The van der Waals surface area contributed by atoms with Crippen LogP contribution >= 0.6 is 12.4 Å².